The van der Waals surface area contributed by atoms with E-state index in [1.165, 1.54) is 18.2 Å². The maximum absolute atomic E-state index is 13.0. The van der Waals surface area contributed by atoms with Crippen molar-refractivity contribution < 1.29 is 8.78 Å². The minimum Gasteiger partial charge on any atom is -0.399 e. The van der Waals surface area contributed by atoms with Crippen molar-refractivity contribution in [2.75, 3.05) is 5.73 Å². The molecule has 0 bridgehead atoms. The van der Waals surface area contributed by atoms with Crippen molar-refractivity contribution in [3.8, 4) is 0 Å². The second-order valence-corrected chi connectivity index (χ2v) is 4.37. The van der Waals surface area contributed by atoms with E-state index in [0.717, 1.165) is 0 Å². The lowest BCUT2D eigenvalue weighted by atomic mass is 10.2. The van der Waals surface area contributed by atoms with Gasteiger partial charge >= 0.3 is 3.93 Å². The van der Waals surface area contributed by atoms with Crippen molar-refractivity contribution in [3.05, 3.63) is 29.8 Å². The van der Waals surface area contributed by atoms with E-state index in [1.54, 1.807) is 6.07 Å². The van der Waals surface area contributed by atoms with Crippen LogP contribution in [0.1, 0.15) is 5.56 Å². The van der Waals surface area contributed by atoms with Gasteiger partial charge in [-0.05, 0) is 32.9 Å². The van der Waals surface area contributed by atoms with Gasteiger partial charge in [0, 0.05) is 11.3 Å². The van der Waals surface area contributed by atoms with Crippen LogP contribution in [0.25, 0.3) is 0 Å². The smallest absolute Gasteiger partial charge is 0.316 e. The number of halogens is 3. The Hall–Kier alpha value is -0.520. The van der Waals surface area contributed by atoms with Gasteiger partial charge in [-0.3, -0.25) is 0 Å². The molecular weight excluding hydrogens is 275 g/mol. The van der Waals surface area contributed by atoms with Crippen LogP contribution in [0.3, 0.4) is 0 Å². The number of hydrogen-bond acceptors (Lipinski definition) is 1. The lowest BCUT2D eigenvalue weighted by molar-refractivity contribution is 0.127. The molecular formula is C8H8F2IN. The van der Waals surface area contributed by atoms with Gasteiger partial charge in [-0.15, -0.1) is 0 Å². The van der Waals surface area contributed by atoms with Gasteiger partial charge in [0.25, 0.3) is 0 Å². The summed E-state index contributed by atoms with van der Waals surface area (Å²) in [5.74, 6) is 0. The third kappa shape index (κ3) is 2.00. The summed E-state index contributed by atoms with van der Waals surface area (Å²) in [6.07, 6.45) is 0. The first kappa shape index (κ1) is 9.57. The van der Waals surface area contributed by atoms with Crippen molar-refractivity contribution in [1.82, 2.24) is 0 Å². The highest BCUT2D eigenvalue weighted by atomic mass is 127. The highest BCUT2D eigenvalue weighted by Gasteiger charge is 2.27. The monoisotopic (exact) mass is 283 g/mol. The highest BCUT2D eigenvalue weighted by Crippen LogP contribution is 2.38. The molecule has 1 aromatic rings. The summed E-state index contributed by atoms with van der Waals surface area (Å²) in [6, 6.07) is 5.78. The zero-order chi connectivity index (χ0) is 9.19. The summed E-state index contributed by atoms with van der Waals surface area (Å²) in [5, 5.41) is 0. The van der Waals surface area contributed by atoms with Gasteiger partial charge in [0.1, 0.15) is 0 Å². The van der Waals surface area contributed by atoms with Gasteiger partial charge < -0.3 is 5.73 Å². The van der Waals surface area contributed by atoms with Gasteiger partial charge in [-0.25, -0.2) is 0 Å². The van der Waals surface area contributed by atoms with Crippen molar-refractivity contribution in [2.45, 2.75) is 3.93 Å². The molecule has 0 spiro atoms. The van der Waals surface area contributed by atoms with Gasteiger partial charge in [-0.1, -0.05) is 16.6 Å². The molecule has 0 saturated carbocycles. The van der Waals surface area contributed by atoms with E-state index in [2.05, 4.69) is 4.51 Å². The van der Waals surface area contributed by atoms with Crippen LogP contribution in [0.15, 0.2) is 24.3 Å². The van der Waals surface area contributed by atoms with Gasteiger partial charge in [0.15, 0.2) is 0 Å². The molecule has 0 radical (unpaired) electrons. The fourth-order valence-electron chi connectivity index (χ4n) is 0.792. The van der Waals surface area contributed by atoms with Crippen LogP contribution in [0.2, 0.25) is 0 Å². The Bertz CT molecular complexity index is 299. The maximum atomic E-state index is 13.0. The number of alkyl halides is 3. The fourth-order valence-corrected chi connectivity index (χ4v) is 1.57. The second-order valence-electron chi connectivity index (χ2n) is 2.26. The summed E-state index contributed by atoms with van der Waals surface area (Å²) in [7, 11) is 0. The van der Waals surface area contributed by atoms with Crippen molar-refractivity contribution >= 4 is 30.9 Å². The van der Waals surface area contributed by atoms with Crippen LogP contribution in [0, 0.1) is 0 Å². The molecule has 12 heavy (non-hydrogen) atoms. The Labute approximate surface area is 79.3 Å². The second kappa shape index (κ2) is 3.47. The average Bonchev–Trinajstić information content (AvgIpc) is 2.05. The van der Waals surface area contributed by atoms with E-state index >= 15 is 0 Å². The summed E-state index contributed by atoms with van der Waals surface area (Å²) < 4.78 is 26.5. The first-order valence-electron chi connectivity index (χ1n) is 3.19. The quantitative estimate of drug-likeness (QED) is 0.504. The molecule has 0 heterocycles. The molecule has 1 aromatic carbocycles. The number of benzene rings is 1. The molecule has 0 aliphatic rings. The molecule has 0 aromatic heterocycles. The van der Waals surface area contributed by atoms with E-state index in [9.17, 15) is 8.78 Å². The van der Waals surface area contributed by atoms with E-state index in [0.29, 0.717) is 5.69 Å². The molecule has 1 rings (SSSR count). The third-order valence-corrected chi connectivity index (χ3v) is 2.96. The summed E-state index contributed by atoms with van der Waals surface area (Å²) in [5.41, 5.74) is 5.71. The minimum absolute atomic E-state index is 0.0229. The Morgan fingerprint density at radius 3 is 2.58 bits per heavy atom. The zero-order valence-electron chi connectivity index (χ0n) is 6.23. The van der Waals surface area contributed by atoms with Crippen LogP contribution in [0.4, 0.5) is 14.5 Å². The lowest BCUT2D eigenvalue weighted by Gasteiger charge is -2.10. The average molecular weight is 283 g/mol. The maximum Gasteiger partial charge on any atom is 0.316 e. The molecule has 0 aliphatic carbocycles. The number of hydrogen-bond donors (Lipinski definition) is 1. The predicted octanol–water partition coefficient (Wildman–Crippen LogP) is 2.72. The Morgan fingerprint density at radius 1 is 1.42 bits per heavy atom. The summed E-state index contributed by atoms with van der Waals surface area (Å²) in [4.78, 5) is 0. The van der Waals surface area contributed by atoms with E-state index < -0.39 is 24.7 Å². The lowest BCUT2D eigenvalue weighted by Crippen LogP contribution is -2.03. The molecule has 0 fully saturated rings. The van der Waals surface area contributed by atoms with E-state index in [-0.39, 0.29) is 5.56 Å². The van der Waals surface area contributed by atoms with Crippen LogP contribution in [-0.4, -0.2) is 4.51 Å². The largest absolute Gasteiger partial charge is 0.399 e. The number of rotatable bonds is 2. The summed E-state index contributed by atoms with van der Waals surface area (Å²) in [6.45, 7) is 0. The molecule has 0 saturated heterocycles. The number of nitrogen functional groups attached to an aromatic ring is 1. The minimum atomic E-state index is -2.76. The Balaban J connectivity index is 3.11. The first-order chi connectivity index (χ1) is 5.56. The fraction of sp³-hybridized carbons (Fsp3) is 0.125. The zero-order valence-corrected chi connectivity index (χ0v) is 8.39. The SMILES string of the molecule is C=IC(F)(F)c1cccc(N)c1. The van der Waals surface area contributed by atoms with E-state index in [1.807, 2.05) is 0 Å². The number of anilines is 1. The molecule has 2 N–H and O–H groups in total. The van der Waals surface area contributed by atoms with Crippen LogP contribution < -0.4 is 5.73 Å². The Morgan fingerprint density at radius 2 is 2.08 bits per heavy atom. The first-order valence-corrected chi connectivity index (χ1v) is 5.80. The molecule has 0 unspecified atom stereocenters. The topological polar surface area (TPSA) is 26.0 Å². The molecule has 0 amide bonds. The van der Waals surface area contributed by atoms with Crippen molar-refractivity contribution in [2.24, 2.45) is 0 Å². The Kier molecular flexibility index (Phi) is 2.76. The van der Waals surface area contributed by atoms with Gasteiger partial charge in [-0.2, -0.15) is 8.78 Å². The molecule has 4 heteroatoms. The molecule has 1 nitrogen and oxygen atoms in total. The van der Waals surface area contributed by atoms with Gasteiger partial charge in [0.05, 0.1) is 0 Å². The van der Waals surface area contributed by atoms with Crippen LogP contribution in [-0.2, 0) is 3.93 Å². The molecule has 0 atom stereocenters. The van der Waals surface area contributed by atoms with Crippen molar-refractivity contribution in [3.63, 3.8) is 0 Å². The van der Waals surface area contributed by atoms with Crippen molar-refractivity contribution in [1.29, 1.82) is 0 Å². The normalized spacial score (nSPS) is 11.5. The number of nitrogens with two attached hydrogens (primary N) is 1. The van der Waals surface area contributed by atoms with E-state index in [4.69, 9.17) is 5.73 Å². The summed E-state index contributed by atoms with van der Waals surface area (Å²) >= 11 is -1.37. The standard InChI is InChI=1S/C8H8F2IN/c1-11-8(9,10)6-3-2-4-7(12)5-6/h2-5H,1,12H2. The molecule has 0 aliphatic heterocycles. The predicted molar refractivity (Wildman–Crippen MR) is 55.9 cm³/mol. The highest BCUT2D eigenvalue weighted by molar-refractivity contribution is 14.2. The third-order valence-electron chi connectivity index (χ3n) is 1.38. The van der Waals surface area contributed by atoms with Gasteiger partial charge in [0.2, 0.25) is 0 Å². The van der Waals surface area contributed by atoms with Crippen LogP contribution >= 0.6 is 20.7 Å². The van der Waals surface area contributed by atoms with Crippen LogP contribution in [0.5, 0.6) is 0 Å². The molecule has 66 valence electrons.